The molecular weight excluding hydrogens is 314 g/mol. The van der Waals surface area contributed by atoms with Crippen LogP contribution in [0.3, 0.4) is 0 Å². The van der Waals surface area contributed by atoms with Gasteiger partial charge in [-0.2, -0.15) is 0 Å². The summed E-state index contributed by atoms with van der Waals surface area (Å²) in [5.41, 5.74) is 2.58. The number of para-hydroxylation sites is 1. The van der Waals surface area contributed by atoms with Crippen LogP contribution in [0.1, 0.15) is 12.6 Å². The van der Waals surface area contributed by atoms with Crippen LogP contribution < -0.4 is 10.1 Å². The molecule has 0 saturated heterocycles. The van der Waals surface area contributed by atoms with Crippen molar-refractivity contribution in [1.82, 2.24) is 15.3 Å². The molecule has 0 aliphatic rings. The van der Waals surface area contributed by atoms with Gasteiger partial charge in [0.1, 0.15) is 12.1 Å². The first-order chi connectivity index (χ1) is 12.2. The van der Waals surface area contributed by atoms with Crippen LogP contribution in [0.4, 0.5) is 0 Å². The number of benzene rings is 2. The molecule has 1 heterocycles. The fourth-order valence-electron chi connectivity index (χ4n) is 2.34. The molecule has 25 heavy (non-hydrogen) atoms. The van der Waals surface area contributed by atoms with Gasteiger partial charge in [0.15, 0.2) is 6.10 Å². The number of hydrogen-bond donors (Lipinski definition) is 1. The summed E-state index contributed by atoms with van der Waals surface area (Å²) in [6.07, 6.45) is 0.922. The van der Waals surface area contributed by atoms with Crippen LogP contribution in [0, 0.1) is 0 Å². The Bertz CT molecular complexity index is 823. The minimum Gasteiger partial charge on any atom is -0.481 e. The van der Waals surface area contributed by atoms with Crippen molar-refractivity contribution in [3.05, 3.63) is 78.8 Å². The molecule has 126 valence electrons. The fourth-order valence-corrected chi connectivity index (χ4v) is 2.34. The predicted octanol–water partition coefficient (Wildman–Crippen LogP) is 3.23. The second kappa shape index (κ2) is 8.06. The van der Waals surface area contributed by atoms with Crippen LogP contribution in [0.25, 0.3) is 11.3 Å². The van der Waals surface area contributed by atoms with Crippen molar-refractivity contribution in [1.29, 1.82) is 0 Å². The maximum Gasteiger partial charge on any atom is 0.261 e. The Hall–Kier alpha value is -3.21. The van der Waals surface area contributed by atoms with E-state index >= 15 is 0 Å². The van der Waals surface area contributed by atoms with E-state index in [1.54, 1.807) is 6.92 Å². The van der Waals surface area contributed by atoms with Crippen LogP contribution in [-0.2, 0) is 11.3 Å². The van der Waals surface area contributed by atoms with E-state index in [1.807, 2.05) is 66.7 Å². The number of rotatable bonds is 6. The zero-order chi connectivity index (χ0) is 17.5. The molecule has 0 aliphatic heterocycles. The maximum absolute atomic E-state index is 12.2. The molecule has 1 N–H and O–H groups in total. The van der Waals surface area contributed by atoms with E-state index < -0.39 is 6.10 Å². The molecule has 0 spiro atoms. The molecule has 1 amide bonds. The number of carbonyl (C=O) groups excluding carboxylic acids is 1. The summed E-state index contributed by atoms with van der Waals surface area (Å²) < 4.78 is 5.61. The van der Waals surface area contributed by atoms with Gasteiger partial charge in [-0.3, -0.25) is 4.79 Å². The molecule has 0 bridgehead atoms. The Morgan fingerprint density at radius 2 is 1.72 bits per heavy atom. The van der Waals surface area contributed by atoms with E-state index in [9.17, 15) is 4.79 Å². The standard InChI is InChI=1S/C20H19N3O2/c1-15(25-18-10-6-3-7-11-18)20(24)21-13-17-12-19(23-14-22-17)16-8-4-2-5-9-16/h2-12,14-15H,13H2,1H3,(H,21,24). The third-order valence-electron chi connectivity index (χ3n) is 3.66. The fraction of sp³-hybridized carbons (Fsp3) is 0.150. The third-order valence-corrected chi connectivity index (χ3v) is 3.66. The van der Waals surface area contributed by atoms with Crippen molar-refractivity contribution in [3.8, 4) is 17.0 Å². The number of aromatic nitrogens is 2. The zero-order valence-corrected chi connectivity index (χ0v) is 13.9. The highest BCUT2D eigenvalue weighted by atomic mass is 16.5. The summed E-state index contributed by atoms with van der Waals surface area (Å²) in [5.74, 6) is 0.474. The van der Waals surface area contributed by atoms with E-state index in [-0.39, 0.29) is 5.91 Å². The van der Waals surface area contributed by atoms with E-state index in [2.05, 4.69) is 15.3 Å². The second-order valence-electron chi connectivity index (χ2n) is 5.55. The van der Waals surface area contributed by atoms with Gasteiger partial charge < -0.3 is 10.1 Å². The SMILES string of the molecule is CC(Oc1ccccc1)C(=O)NCc1cc(-c2ccccc2)ncn1. The lowest BCUT2D eigenvalue weighted by Gasteiger charge is -2.14. The van der Waals surface area contributed by atoms with Crippen LogP contribution in [0.2, 0.25) is 0 Å². The van der Waals surface area contributed by atoms with Crippen molar-refractivity contribution in [2.75, 3.05) is 0 Å². The smallest absolute Gasteiger partial charge is 0.261 e. The largest absolute Gasteiger partial charge is 0.481 e. The van der Waals surface area contributed by atoms with Gasteiger partial charge in [-0.25, -0.2) is 9.97 Å². The highest BCUT2D eigenvalue weighted by molar-refractivity contribution is 5.80. The summed E-state index contributed by atoms with van der Waals surface area (Å²) in [7, 11) is 0. The van der Waals surface area contributed by atoms with Gasteiger partial charge in [0, 0.05) is 5.56 Å². The van der Waals surface area contributed by atoms with Gasteiger partial charge in [-0.1, -0.05) is 48.5 Å². The minimum absolute atomic E-state index is 0.191. The minimum atomic E-state index is -0.585. The van der Waals surface area contributed by atoms with Gasteiger partial charge in [-0.05, 0) is 25.1 Å². The number of ether oxygens (including phenoxy) is 1. The van der Waals surface area contributed by atoms with E-state index in [4.69, 9.17) is 4.74 Å². The van der Waals surface area contributed by atoms with Crippen molar-refractivity contribution in [2.45, 2.75) is 19.6 Å². The van der Waals surface area contributed by atoms with Crippen molar-refractivity contribution >= 4 is 5.91 Å². The monoisotopic (exact) mass is 333 g/mol. The topological polar surface area (TPSA) is 64.1 Å². The Morgan fingerprint density at radius 1 is 1.04 bits per heavy atom. The first-order valence-electron chi connectivity index (χ1n) is 8.08. The van der Waals surface area contributed by atoms with Crippen LogP contribution >= 0.6 is 0 Å². The molecule has 0 fully saturated rings. The number of nitrogens with one attached hydrogen (secondary N) is 1. The van der Waals surface area contributed by atoms with Crippen molar-refractivity contribution in [3.63, 3.8) is 0 Å². The molecule has 1 unspecified atom stereocenters. The first-order valence-corrected chi connectivity index (χ1v) is 8.08. The number of hydrogen-bond acceptors (Lipinski definition) is 4. The zero-order valence-electron chi connectivity index (χ0n) is 13.9. The first kappa shape index (κ1) is 16.6. The van der Waals surface area contributed by atoms with E-state index in [1.165, 1.54) is 6.33 Å². The quantitative estimate of drug-likeness (QED) is 0.752. The van der Waals surface area contributed by atoms with Gasteiger partial charge >= 0.3 is 0 Å². The molecule has 0 saturated carbocycles. The second-order valence-corrected chi connectivity index (χ2v) is 5.55. The van der Waals surface area contributed by atoms with Crippen LogP contribution in [0.5, 0.6) is 5.75 Å². The predicted molar refractivity (Wildman–Crippen MR) is 95.8 cm³/mol. The van der Waals surface area contributed by atoms with Crippen molar-refractivity contribution in [2.24, 2.45) is 0 Å². The number of amides is 1. The molecule has 3 rings (SSSR count). The maximum atomic E-state index is 12.2. The van der Waals surface area contributed by atoms with Gasteiger partial charge in [0.2, 0.25) is 0 Å². The summed E-state index contributed by atoms with van der Waals surface area (Å²) >= 11 is 0. The molecule has 0 radical (unpaired) electrons. The van der Waals surface area contributed by atoms with E-state index in [0.29, 0.717) is 12.3 Å². The average Bonchev–Trinajstić information content (AvgIpc) is 2.68. The summed E-state index contributed by atoms with van der Waals surface area (Å²) in [6, 6.07) is 21.0. The van der Waals surface area contributed by atoms with Crippen LogP contribution in [-0.4, -0.2) is 22.0 Å². The highest BCUT2D eigenvalue weighted by Gasteiger charge is 2.14. The molecule has 2 aromatic carbocycles. The van der Waals surface area contributed by atoms with Gasteiger partial charge in [-0.15, -0.1) is 0 Å². The summed E-state index contributed by atoms with van der Waals surface area (Å²) in [6.45, 7) is 2.04. The third kappa shape index (κ3) is 4.64. The van der Waals surface area contributed by atoms with E-state index in [0.717, 1.165) is 17.0 Å². The van der Waals surface area contributed by atoms with Gasteiger partial charge in [0.25, 0.3) is 5.91 Å². The molecule has 0 aliphatic carbocycles. The molecule has 3 aromatic rings. The average molecular weight is 333 g/mol. The lowest BCUT2D eigenvalue weighted by atomic mass is 10.1. The summed E-state index contributed by atoms with van der Waals surface area (Å²) in [4.78, 5) is 20.7. The Morgan fingerprint density at radius 3 is 2.44 bits per heavy atom. The normalized spacial score (nSPS) is 11.6. The Labute approximate surface area is 146 Å². The lowest BCUT2D eigenvalue weighted by Crippen LogP contribution is -2.36. The number of carbonyl (C=O) groups is 1. The highest BCUT2D eigenvalue weighted by Crippen LogP contribution is 2.16. The molecule has 5 heteroatoms. The Kier molecular flexibility index (Phi) is 5.36. The number of nitrogens with zero attached hydrogens (tertiary/aromatic N) is 2. The summed E-state index contributed by atoms with van der Waals surface area (Å²) in [5, 5.41) is 2.84. The molecule has 5 nitrogen and oxygen atoms in total. The van der Waals surface area contributed by atoms with Gasteiger partial charge in [0.05, 0.1) is 17.9 Å². The molecule has 1 atom stereocenters. The molecular formula is C20H19N3O2. The lowest BCUT2D eigenvalue weighted by molar-refractivity contribution is -0.127. The van der Waals surface area contributed by atoms with Crippen LogP contribution in [0.15, 0.2) is 73.1 Å². The molecule has 1 aromatic heterocycles. The van der Waals surface area contributed by atoms with Crippen molar-refractivity contribution < 1.29 is 9.53 Å². The Balaban J connectivity index is 1.59.